The van der Waals surface area contributed by atoms with Crippen molar-refractivity contribution in [1.29, 1.82) is 0 Å². The van der Waals surface area contributed by atoms with Crippen LogP contribution >= 0.6 is 12.6 Å². The molecule has 0 heterocycles. The summed E-state index contributed by atoms with van der Waals surface area (Å²) < 4.78 is 17.8. The zero-order valence-corrected chi connectivity index (χ0v) is 11.2. The Hall–Kier alpha value is -1.11. The van der Waals surface area contributed by atoms with Gasteiger partial charge in [0.1, 0.15) is 5.82 Å². The van der Waals surface area contributed by atoms with E-state index in [1.807, 2.05) is 0 Å². The number of ether oxygens (including phenoxy) is 1. The second kappa shape index (κ2) is 6.72. The third-order valence-corrected chi connectivity index (χ3v) is 2.73. The summed E-state index contributed by atoms with van der Waals surface area (Å²) in [6.45, 7) is 0.296. The van der Waals surface area contributed by atoms with Gasteiger partial charge in [0.25, 0.3) is 5.91 Å². The van der Waals surface area contributed by atoms with Gasteiger partial charge < -0.3 is 14.7 Å². The van der Waals surface area contributed by atoms with Gasteiger partial charge in [-0.05, 0) is 18.2 Å². The standard InChI is InChI=1S/C12H16FNO3S/c1-14(6-9(15)7-17-2)12(16)8-3-4-10(13)11(18)5-8/h3-5,9,15,18H,6-7H2,1-2H3. The van der Waals surface area contributed by atoms with Gasteiger partial charge in [-0.3, -0.25) is 4.79 Å². The number of carbonyl (C=O) groups excluding carboxylic acids is 1. The van der Waals surface area contributed by atoms with Gasteiger partial charge in [-0.2, -0.15) is 0 Å². The van der Waals surface area contributed by atoms with Crippen molar-refractivity contribution in [2.45, 2.75) is 11.0 Å². The van der Waals surface area contributed by atoms with Gasteiger partial charge in [0, 0.05) is 31.2 Å². The van der Waals surface area contributed by atoms with Crippen molar-refractivity contribution < 1.29 is 19.0 Å². The second-order valence-corrected chi connectivity index (χ2v) is 4.44. The number of thiol groups is 1. The number of carbonyl (C=O) groups is 1. The predicted octanol–water partition coefficient (Wildman–Crippen LogP) is 1.19. The lowest BCUT2D eigenvalue weighted by Crippen LogP contribution is -2.36. The molecule has 0 radical (unpaired) electrons. The maximum Gasteiger partial charge on any atom is 0.253 e. The fraction of sp³-hybridized carbons (Fsp3) is 0.417. The van der Waals surface area contributed by atoms with Crippen LogP contribution < -0.4 is 0 Å². The molecule has 1 amide bonds. The SMILES string of the molecule is COCC(O)CN(C)C(=O)c1ccc(F)c(S)c1. The fourth-order valence-electron chi connectivity index (χ4n) is 1.51. The average Bonchev–Trinajstić information content (AvgIpc) is 2.32. The minimum Gasteiger partial charge on any atom is -0.389 e. The number of hydrogen-bond acceptors (Lipinski definition) is 4. The highest BCUT2D eigenvalue weighted by Gasteiger charge is 2.16. The lowest BCUT2D eigenvalue weighted by Gasteiger charge is -2.20. The number of rotatable bonds is 5. The first-order valence-electron chi connectivity index (χ1n) is 5.36. The zero-order valence-electron chi connectivity index (χ0n) is 10.3. The molecule has 0 aromatic heterocycles. The highest BCUT2D eigenvalue weighted by atomic mass is 32.1. The highest BCUT2D eigenvalue weighted by molar-refractivity contribution is 7.80. The van der Waals surface area contributed by atoms with E-state index in [0.717, 1.165) is 0 Å². The molecule has 0 aliphatic carbocycles. The number of methoxy groups -OCH3 is 1. The Bertz CT molecular complexity index is 428. The van der Waals surface area contributed by atoms with Crippen LogP contribution in [0.15, 0.2) is 23.1 Å². The van der Waals surface area contributed by atoms with Gasteiger partial charge in [0.05, 0.1) is 12.7 Å². The summed E-state index contributed by atoms with van der Waals surface area (Å²) >= 11 is 3.92. The van der Waals surface area contributed by atoms with Gasteiger partial charge in [0.15, 0.2) is 0 Å². The van der Waals surface area contributed by atoms with Gasteiger partial charge in [-0.1, -0.05) is 0 Å². The summed E-state index contributed by atoms with van der Waals surface area (Å²) in [5.41, 5.74) is 0.327. The molecule has 1 aromatic carbocycles. The third-order valence-electron chi connectivity index (χ3n) is 2.38. The monoisotopic (exact) mass is 273 g/mol. The predicted molar refractivity (Wildman–Crippen MR) is 68.5 cm³/mol. The van der Waals surface area contributed by atoms with Crippen LogP contribution in [0.2, 0.25) is 0 Å². The molecule has 100 valence electrons. The van der Waals surface area contributed by atoms with Crippen LogP contribution in [0.3, 0.4) is 0 Å². The highest BCUT2D eigenvalue weighted by Crippen LogP contribution is 2.15. The number of halogens is 1. The summed E-state index contributed by atoms with van der Waals surface area (Å²) in [7, 11) is 3.03. The molecule has 4 nitrogen and oxygen atoms in total. The quantitative estimate of drug-likeness (QED) is 0.792. The molecule has 1 unspecified atom stereocenters. The molecule has 0 aliphatic heterocycles. The van der Waals surface area contributed by atoms with Crippen molar-refractivity contribution in [2.75, 3.05) is 27.3 Å². The summed E-state index contributed by atoms with van der Waals surface area (Å²) in [5.74, 6) is -0.780. The molecular formula is C12H16FNO3S. The van der Waals surface area contributed by atoms with Crippen LogP contribution in [-0.4, -0.2) is 49.3 Å². The van der Waals surface area contributed by atoms with Crippen molar-refractivity contribution >= 4 is 18.5 Å². The number of amides is 1. The maximum atomic E-state index is 13.0. The van der Waals surface area contributed by atoms with Gasteiger partial charge in [-0.15, -0.1) is 12.6 Å². The maximum absolute atomic E-state index is 13.0. The smallest absolute Gasteiger partial charge is 0.253 e. The summed E-state index contributed by atoms with van der Waals surface area (Å²) in [6, 6.07) is 3.94. The molecule has 6 heteroatoms. The Morgan fingerprint density at radius 3 is 2.83 bits per heavy atom. The van der Waals surface area contributed by atoms with Crippen molar-refractivity contribution in [3.63, 3.8) is 0 Å². The van der Waals surface area contributed by atoms with E-state index in [2.05, 4.69) is 12.6 Å². The largest absolute Gasteiger partial charge is 0.389 e. The molecule has 1 N–H and O–H groups in total. The molecular weight excluding hydrogens is 257 g/mol. The van der Waals surface area contributed by atoms with Gasteiger partial charge in [-0.25, -0.2) is 4.39 Å². The lowest BCUT2D eigenvalue weighted by molar-refractivity contribution is 0.0380. The summed E-state index contributed by atoms with van der Waals surface area (Å²) in [5, 5.41) is 9.52. The normalized spacial score (nSPS) is 12.3. The topological polar surface area (TPSA) is 49.8 Å². The van der Waals surface area contributed by atoms with Gasteiger partial charge >= 0.3 is 0 Å². The number of likely N-dealkylation sites (N-methyl/N-ethyl adjacent to an activating group) is 1. The first kappa shape index (κ1) is 14.9. The molecule has 0 spiro atoms. The van der Waals surface area contributed by atoms with E-state index in [9.17, 15) is 14.3 Å². The Balaban J connectivity index is 2.71. The van der Waals surface area contributed by atoms with Crippen molar-refractivity contribution in [3.05, 3.63) is 29.6 Å². The van der Waals surface area contributed by atoms with Crippen LogP contribution in [0.1, 0.15) is 10.4 Å². The van der Waals surface area contributed by atoms with E-state index in [1.54, 1.807) is 7.05 Å². The summed E-state index contributed by atoms with van der Waals surface area (Å²) in [6.07, 6.45) is -0.750. The van der Waals surface area contributed by atoms with Crippen LogP contribution in [0.4, 0.5) is 4.39 Å². The van der Waals surface area contributed by atoms with Crippen LogP contribution in [-0.2, 0) is 4.74 Å². The molecule has 0 saturated carbocycles. The summed E-state index contributed by atoms with van der Waals surface area (Å²) in [4.78, 5) is 13.4. The van der Waals surface area contributed by atoms with Gasteiger partial charge in [0.2, 0.25) is 0 Å². The van der Waals surface area contributed by atoms with E-state index in [1.165, 1.54) is 30.2 Å². The molecule has 18 heavy (non-hydrogen) atoms. The zero-order chi connectivity index (χ0) is 13.7. The first-order valence-corrected chi connectivity index (χ1v) is 5.81. The van der Waals surface area contributed by atoms with E-state index < -0.39 is 11.9 Å². The van der Waals surface area contributed by atoms with E-state index >= 15 is 0 Å². The number of hydrogen-bond donors (Lipinski definition) is 2. The van der Waals surface area contributed by atoms with Crippen molar-refractivity contribution in [1.82, 2.24) is 4.90 Å². The molecule has 1 atom stereocenters. The minimum absolute atomic E-state index is 0.117. The van der Waals surface area contributed by atoms with Crippen molar-refractivity contribution in [2.24, 2.45) is 0 Å². The fourth-order valence-corrected chi connectivity index (χ4v) is 1.72. The van der Waals surface area contributed by atoms with Crippen LogP contribution in [0.25, 0.3) is 0 Å². The van der Waals surface area contributed by atoms with Crippen molar-refractivity contribution in [3.8, 4) is 0 Å². The number of aliphatic hydroxyl groups is 1. The Morgan fingerprint density at radius 2 is 2.28 bits per heavy atom. The molecule has 1 aromatic rings. The molecule has 0 saturated heterocycles. The van der Waals surface area contributed by atoms with Crippen LogP contribution in [0.5, 0.6) is 0 Å². The second-order valence-electron chi connectivity index (χ2n) is 3.96. The van der Waals surface area contributed by atoms with E-state index in [-0.39, 0.29) is 24.0 Å². The van der Waals surface area contributed by atoms with Crippen LogP contribution in [0, 0.1) is 5.82 Å². The Morgan fingerprint density at radius 1 is 1.61 bits per heavy atom. The minimum atomic E-state index is -0.750. The Kier molecular flexibility index (Phi) is 5.58. The number of benzene rings is 1. The third kappa shape index (κ3) is 3.97. The average molecular weight is 273 g/mol. The molecule has 0 aliphatic rings. The number of aliphatic hydroxyl groups excluding tert-OH is 1. The first-order chi connectivity index (χ1) is 8.45. The van der Waals surface area contributed by atoms with E-state index in [4.69, 9.17) is 4.74 Å². The lowest BCUT2D eigenvalue weighted by atomic mass is 10.2. The molecule has 0 bridgehead atoms. The molecule has 0 fully saturated rings. The molecule has 1 rings (SSSR count). The Labute approximate surface area is 111 Å². The van der Waals surface area contributed by atoms with E-state index in [0.29, 0.717) is 5.56 Å². The number of nitrogens with zero attached hydrogens (tertiary/aromatic N) is 1.